The summed E-state index contributed by atoms with van der Waals surface area (Å²) in [6.45, 7) is 6.13. The smallest absolute Gasteiger partial charge is 0.202 e. The molecule has 2 aliphatic heterocycles. The van der Waals surface area contributed by atoms with Gasteiger partial charge in [0.1, 0.15) is 17.2 Å². The molecule has 6 atom stereocenters. The summed E-state index contributed by atoms with van der Waals surface area (Å²) in [6, 6.07) is 4.70. The molecule has 2 fully saturated rings. The zero-order chi connectivity index (χ0) is 34.6. The van der Waals surface area contributed by atoms with Crippen LogP contribution < -0.4 is 4.74 Å². The third kappa shape index (κ3) is 7.46. The molecular formula is C33H45NO13. The number of phenols is 2. The number of hydrogen-bond donors (Lipinski definition) is 7. The maximum absolute atomic E-state index is 13.1. The first-order chi connectivity index (χ1) is 22.3. The molecule has 5 unspecified atom stereocenters. The van der Waals surface area contributed by atoms with E-state index in [1.54, 1.807) is 13.2 Å². The highest BCUT2D eigenvalue weighted by molar-refractivity contribution is 6.31. The Morgan fingerprint density at radius 2 is 1.66 bits per heavy atom. The van der Waals surface area contributed by atoms with Gasteiger partial charge in [0.25, 0.3) is 0 Å². The van der Waals surface area contributed by atoms with Crippen molar-refractivity contribution in [1.29, 1.82) is 0 Å². The molecule has 0 bridgehead atoms. The van der Waals surface area contributed by atoms with Crippen LogP contribution in [0.5, 0.6) is 17.2 Å². The minimum Gasteiger partial charge on any atom is -0.507 e. The second-order valence-electron chi connectivity index (χ2n) is 12.2. The van der Waals surface area contributed by atoms with Gasteiger partial charge in [0.15, 0.2) is 12.1 Å². The second kappa shape index (κ2) is 15.4. The molecule has 2 aliphatic carbocycles. The Kier molecular flexibility index (Phi) is 12.0. The van der Waals surface area contributed by atoms with Crippen molar-refractivity contribution in [1.82, 2.24) is 4.90 Å². The summed E-state index contributed by atoms with van der Waals surface area (Å²) in [4.78, 5) is 28.4. The van der Waals surface area contributed by atoms with E-state index in [4.69, 9.17) is 29.2 Å². The van der Waals surface area contributed by atoms with Crippen LogP contribution in [0.2, 0.25) is 0 Å². The monoisotopic (exact) mass is 663 g/mol. The van der Waals surface area contributed by atoms with Gasteiger partial charge in [0.2, 0.25) is 5.78 Å². The number of ketones is 2. The summed E-state index contributed by atoms with van der Waals surface area (Å²) in [7, 11) is 3.01. The first-order valence-electron chi connectivity index (χ1n) is 15.5. The fourth-order valence-electron chi connectivity index (χ4n) is 6.56. The van der Waals surface area contributed by atoms with E-state index in [1.807, 2.05) is 6.92 Å². The Bertz CT molecular complexity index is 1440. The number of hydrogen-bond acceptors (Lipinski definition) is 14. The minimum absolute atomic E-state index is 0.00412. The van der Waals surface area contributed by atoms with E-state index in [0.29, 0.717) is 6.61 Å². The molecule has 14 nitrogen and oxygen atoms in total. The lowest BCUT2D eigenvalue weighted by atomic mass is 9.73. The SMILES string of the molecule is COC1CN(C2CCOC(C)C2O)CCO1.COc1cccc2c1C(=O)c1c(O)c3c(c(O)c1C2=O)C[C@](C)(O)CC3O.OCCO. The number of nitrogens with zero attached hydrogens (tertiary/aromatic N) is 1. The first kappa shape index (κ1) is 36.7. The van der Waals surface area contributed by atoms with Crippen molar-refractivity contribution < 1.29 is 64.3 Å². The van der Waals surface area contributed by atoms with Gasteiger partial charge in [-0.15, -0.1) is 0 Å². The van der Waals surface area contributed by atoms with Crippen LogP contribution in [0.1, 0.15) is 75.8 Å². The second-order valence-corrected chi connectivity index (χ2v) is 12.2. The molecular weight excluding hydrogens is 618 g/mol. The van der Waals surface area contributed by atoms with Gasteiger partial charge in [-0.25, -0.2) is 0 Å². The lowest BCUT2D eigenvalue weighted by Crippen LogP contribution is -2.57. The number of aromatic hydroxyl groups is 2. The molecule has 0 spiro atoms. The number of aliphatic hydroxyl groups excluding tert-OH is 4. The number of methoxy groups -OCH3 is 2. The normalized spacial score (nSPS) is 28.5. The van der Waals surface area contributed by atoms with Crippen molar-refractivity contribution >= 4 is 11.6 Å². The molecule has 0 amide bonds. The Morgan fingerprint density at radius 1 is 0.979 bits per heavy atom. The number of phenolic OH excluding ortho intramolecular Hbond substituents is 2. The summed E-state index contributed by atoms with van der Waals surface area (Å²) >= 11 is 0. The standard InChI is InChI=1S/C20H18O7.C11H21NO4.C2H6O2/c1-20(26)6-9-12(10(21)7-20)18(24)15-14(17(9)23)16(22)8-4-3-5-11(27-2)13(8)19(15)25;1-8-11(13)9(3-5-15-8)12-4-6-16-10(7-12)14-2;3-1-2-4/h3-5,10,21,23-24,26H,6-7H2,1-2H3;8-11,13H,3-7H2,1-2H3;3-4H,1-2H2/t10?,20-;;/m0../s1. The predicted molar refractivity (Wildman–Crippen MR) is 166 cm³/mol. The van der Waals surface area contributed by atoms with Crippen LogP contribution in [0.4, 0.5) is 0 Å². The van der Waals surface area contributed by atoms with Gasteiger partial charge in [-0.2, -0.15) is 0 Å². The fourth-order valence-corrected chi connectivity index (χ4v) is 6.56. The molecule has 0 aromatic heterocycles. The van der Waals surface area contributed by atoms with Crippen LogP contribution in [-0.4, -0.2) is 136 Å². The third-order valence-electron chi connectivity index (χ3n) is 8.85. The van der Waals surface area contributed by atoms with Gasteiger partial charge in [-0.05, 0) is 26.3 Å². The predicted octanol–water partition coefficient (Wildman–Crippen LogP) is 0.413. The number of ether oxygens (including phenoxy) is 4. The Labute approximate surface area is 272 Å². The number of rotatable bonds is 4. The minimum atomic E-state index is -1.33. The van der Waals surface area contributed by atoms with Gasteiger partial charge in [0, 0.05) is 62.4 Å². The van der Waals surface area contributed by atoms with E-state index in [2.05, 4.69) is 4.90 Å². The molecule has 6 rings (SSSR count). The van der Waals surface area contributed by atoms with Crippen LogP contribution in [-0.2, 0) is 20.6 Å². The van der Waals surface area contributed by atoms with Gasteiger partial charge < -0.3 is 54.7 Å². The lowest BCUT2D eigenvalue weighted by molar-refractivity contribution is -0.190. The Morgan fingerprint density at radius 3 is 2.30 bits per heavy atom. The van der Waals surface area contributed by atoms with E-state index < -0.39 is 40.9 Å². The van der Waals surface area contributed by atoms with Crippen LogP contribution in [0.15, 0.2) is 18.2 Å². The van der Waals surface area contributed by atoms with Crippen molar-refractivity contribution in [2.24, 2.45) is 0 Å². The van der Waals surface area contributed by atoms with Crippen LogP contribution >= 0.6 is 0 Å². The van der Waals surface area contributed by atoms with Gasteiger partial charge >= 0.3 is 0 Å². The average molecular weight is 664 g/mol. The van der Waals surface area contributed by atoms with Crippen LogP contribution in [0.25, 0.3) is 0 Å². The van der Waals surface area contributed by atoms with Gasteiger partial charge in [-0.3, -0.25) is 14.5 Å². The van der Waals surface area contributed by atoms with E-state index >= 15 is 0 Å². The maximum atomic E-state index is 13.1. The Hall–Kier alpha value is -3.18. The van der Waals surface area contributed by atoms with Crippen molar-refractivity contribution in [3.63, 3.8) is 0 Å². The molecule has 2 aromatic carbocycles. The number of carbonyl (C=O) groups excluding carboxylic acids is 2. The lowest BCUT2D eigenvalue weighted by Gasteiger charge is -2.43. The maximum Gasteiger partial charge on any atom is 0.202 e. The molecule has 2 aromatic rings. The average Bonchev–Trinajstić information content (AvgIpc) is 3.05. The summed E-state index contributed by atoms with van der Waals surface area (Å²) in [6.07, 6.45) is -1.22. The van der Waals surface area contributed by atoms with E-state index in [9.17, 15) is 35.1 Å². The highest BCUT2D eigenvalue weighted by Crippen LogP contribution is 2.50. The van der Waals surface area contributed by atoms with Gasteiger partial charge in [0.05, 0.1) is 67.5 Å². The molecule has 0 saturated carbocycles. The zero-order valence-corrected chi connectivity index (χ0v) is 27.0. The van der Waals surface area contributed by atoms with Gasteiger partial charge in [-0.1, -0.05) is 12.1 Å². The number of aliphatic hydroxyl groups is 5. The zero-order valence-electron chi connectivity index (χ0n) is 27.0. The fraction of sp³-hybridized carbons (Fsp3) is 0.576. The summed E-state index contributed by atoms with van der Waals surface area (Å²) in [5.74, 6) is -2.16. The van der Waals surface area contributed by atoms with Crippen molar-refractivity contribution in [3.05, 3.63) is 51.6 Å². The molecule has 260 valence electrons. The Balaban J connectivity index is 0.000000212. The quantitative estimate of drug-likeness (QED) is 0.188. The summed E-state index contributed by atoms with van der Waals surface area (Å²) < 4.78 is 21.2. The highest BCUT2D eigenvalue weighted by Gasteiger charge is 2.44. The van der Waals surface area contributed by atoms with Crippen molar-refractivity contribution in [3.8, 4) is 17.2 Å². The molecule has 47 heavy (non-hydrogen) atoms. The summed E-state index contributed by atoms with van der Waals surface area (Å²) in [5.41, 5.74) is -1.89. The van der Waals surface area contributed by atoms with Crippen LogP contribution in [0, 0.1) is 0 Å². The molecule has 7 N–H and O–H groups in total. The van der Waals surface area contributed by atoms with Crippen molar-refractivity contribution in [2.75, 3.05) is 53.7 Å². The largest absolute Gasteiger partial charge is 0.507 e. The van der Waals surface area contributed by atoms with Crippen molar-refractivity contribution in [2.45, 2.75) is 69.4 Å². The topological polar surface area (TPSA) is 216 Å². The first-order valence-corrected chi connectivity index (χ1v) is 15.5. The highest BCUT2D eigenvalue weighted by atomic mass is 16.7. The number of fused-ring (bicyclic) bond motifs is 3. The van der Waals surface area contributed by atoms with E-state index in [0.717, 1.165) is 26.1 Å². The van der Waals surface area contributed by atoms with E-state index in [1.165, 1.54) is 26.2 Å². The number of carbonyl (C=O) groups is 2. The summed E-state index contributed by atoms with van der Waals surface area (Å²) in [5, 5.41) is 67.6. The molecule has 2 heterocycles. The third-order valence-corrected chi connectivity index (χ3v) is 8.85. The van der Waals surface area contributed by atoms with E-state index in [-0.39, 0.29) is 83.6 Å². The number of morpholine rings is 1. The number of benzene rings is 2. The molecule has 2 saturated heterocycles. The molecule has 14 heteroatoms. The molecule has 4 aliphatic rings. The van der Waals surface area contributed by atoms with Crippen LogP contribution in [0.3, 0.4) is 0 Å². The molecule has 0 radical (unpaired) electrons.